The Morgan fingerprint density at radius 1 is 1.19 bits per heavy atom. The summed E-state index contributed by atoms with van der Waals surface area (Å²) in [6, 6.07) is 7.65. The zero-order valence-electron chi connectivity index (χ0n) is 15.3. The molecule has 4 rings (SSSR count). The number of methoxy groups -OCH3 is 1. The molecular formula is C19H23N5O3. The van der Waals surface area contributed by atoms with Crippen molar-refractivity contribution in [3.63, 3.8) is 0 Å². The normalized spacial score (nSPS) is 20.9. The van der Waals surface area contributed by atoms with Gasteiger partial charge in [0.05, 0.1) is 25.3 Å². The van der Waals surface area contributed by atoms with Crippen LogP contribution < -0.4 is 9.64 Å². The number of hydrogen-bond acceptors (Lipinski definition) is 5. The molecule has 1 unspecified atom stereocenters. The molecule has 1 aromatic carbocycles. The fraction of sp³-hybridized carbons (Fsp3) is 0.474. The predicted octanol–water partition coefficient (Wildman–Crippen LogP) is 1.50. The average Bonchev–Trinajstić information content (AvgIpc) is 3.38. The molecule has 2 aliphatic rings. The number of likely N-dealkylation sites (tertiary alicyclic amines) is 1. The summed E-state index contributed by atoms with van der Waals surface area (Å²) in [7, 11) is 1.61. The Labute approximate surface area is 157 Å². The minimum absolute atomic E-state index is 0.00369. The van der Waals surface area contributed by atoms with Gasteiger partial charge in [-0.05, 0) is 37.1 Å². The summed E-state index contributed by atoms with van der Waals surface area (Å²) in [5.74, 6) is 0.545. The van der Waals surface area contributed by atoms with E-state index in [2.05, 4.69) is 10.3 Å². The highest BCUT2D eigenvalue weighted by atomic mass is 16.5. The van der Waals surface area contributed by atoms with Gasteiger partial charge < -0.3 is 14.5 Å². The van der Waals surface area contributed by atoms with E-state index in [0.717, 1.165) is 24.3 Å². The Morgan fingerprint density at radius 2 is 1.93 bits per heavy atom. The summed E-state index contributed by atoms with van der Waals surface area (Å²) < 4.78 is 7.03. The van der Waals surface area contributed by atoms with Gasteiger partial charge in [0.25, 0.3) is 0 Å². The average molecular weight is 369 g/mol. The number of hydrogen-bond donors (Lipinski definition) is 0. The van der Waals surface area contributed by atoms with Crippen molar-refractivity contribution in [2.45, 2.75) is 25.3 Å². The lowest BCUT2D eigenvalue weighted by Crippen LogP contribution is -2.43. The van der Waals surface area contributed by atoms with Gasteiger partial charge in [-0.15, -0.1) is 5.10 Å². The van der Waals surface area contributed by atoms with Crippen molar-refractivity contribution >= 4 is 17.5 Å². The van der Waals surface area contributed by atoms with Crippen molar-refractivity contribution in [3.05, 3.63) is 36.7 Å². The Bertz CT molecular complexity index is 797. The summed E-state index contributed by atoms with van der Waals surface area (Å²) in [5.41, 5.74) is 0.806. The predicted molar refractivity (Wildman–Crippen MR) is 98.3 cm³/mol. The summed E-state index contributed by atoms with van der Waals surface area (Å²) in [5, 5.41) is 7.91. The Hall–Kier alpha value is -2.90. The van der Waals surface area contributed by atoms with Gasteiger partial charge in [0.15, 0.2) is 0 Å². The number of nitrogens with zero attached hydrogens (tertiary/aromatic N) is 5. The second-order valence-electron chi connectivity index (χ2n) is 7.04. The van der Waals surface area contributed by atoms with Crippen molar-refractivity contribution in [2.75, 3.05) is 31.6 Å². The van der Waals surface area contributed by atoms with Crippen LogP contribution in [0.3, 0.4) is 0 Å². The largest absolute Gasteiger partial charge is 0.497 e. The second-order valence-corrected chi connectivity index (χ2v) is 7.04. The molecular weight excluding hydrogens is 346 g/mol. The number of piperidine rings is 1. The van der Waals surface area contributed by atoms with Gasteiger partial charge in [-0.25, -0.2) is 4.68 Å². The molecule has 2 saturated heterocycles. The third-order valence-electron chi connectivity index (χ3n) is 5.45. The molecule has 0 saturated carbocycles. The van der Waals surface area contributed by atoms with E-state index in [1.807, 2.05) is 40.0 Å². The van der Waals surface area contributed by atoms with Crippen LogP contribution in [0.2, 0.25) is 0 Å². The smallest absolute Gasteiger partial charge is 0.228 e. The molecule has 2 aliphatic heterocycles. The van der Waals surface area contributed by atoms with Crippen molar-refractivity contribution in [1.82, 2.24) is 19.9 Å². The van der Waals surface area contributed by atoms with Gasteiger partial charge >= 0.3 is 0 Å². The summed E-state index contributed by atoms with van der Waals surface area (Å²) in [4.78, 5) is 28.9. The maximum Gasteiger partial charge on any atom is 0.228 e. The van der Waals surface area contributed by atoms with Crippen LogP contribution in [0.5, 0.6) is 5.75 Å². The number of amides is 2. The zero-order chi connectivity index (χ0) is 18.8. The van der Waals surface area contributed by atoms with Crippen LogP contribution in [0.4, 0.5) is 5.69 Å². The number of carbonyl (C=O) groups excluding carboxylic acids is 2. The monoisotopic (exact) mass is 369 g/mol. The zero-order valence-corrected chi connectivity index (χ0v) is 15.3. The first kappa shape index (κ1) is 17.5. The van der Waals surface area contributed by atoms with E-state index in [1.54, 1.807) is 18.2 Å². The topological polar surface area (TPSA) is 80.6 Å². The van der Waals surface area contributed by atoms with Crippen LogP contribution in [0.15, 0.2) is 36.7 Å². The van der Waals surface area contributed by atoms with Gasteiger partial charge in [0.1, 0.15) is 5.75 Å². The van der Waals surface area contributed by atoms with E-state index in [1.165, 1.54) is 0 Å². The van der Waals surface area contributed by atoms with Crippen LogP contribution in [-0.4, -0.2) is 58.5 Å². The fourth-order valence-corrected chi connectivity index (χ4v) is 3.91. The Balaban J connectivity index is 1.36. The molecule has 3 heterocycles. The highest BCUT2D eigenvalue weighted by Crippen LogP contribution is 2.29. The molecule has 0 spiro atoms. The van der Waals surface area contributed by atoms with E-state index in [-0.39, 0.29) is 30.2 Å². The first-order valence-corrected chi connectivity index (χ1v) is 9.24. The fourth-order valence-electron chi connectivity index (χ4n) is 3.91. The first-order chi connectivity index (χ1) is 13.2. The van der Waals surface area contributed by atoms with Gasteiger partial charge in [-0.1, -0.05) is 5.21 Å². The highest BCUT2D eigenvalue weighted by molar-refractivity contribution is 6.00. The van der Waals surface area contributed by atoms with E-state index in [4.69, 9.17) is 4.74 Å². The minimum atomic E-state index is -0.275. The quantitative estimate of drug-likeness (QED) is 0.816. The Morgan fingerprint density at radius 3 is 2.56 bits per heavy atom. The number of rotatable bonds is 4. The molecule has 0 aliphatic carbocycles. The Kier molecular flexibility index (Phi) is 4.79. The third kappa shape index (κ3) is 3.51. The van der Waals surface area contributed by atoms with Crippen molar-refractivity contribution < 1.29 is 14.3 Å². The first-order valence-electron chi connectivity index (χ1n) is 9.24. The molecule has 2 amide bonds. The molecule has 2 fully saturated rings. The molecule has 0 bridgehead atoms. The van der Waals surface area contributed by atoms with Crippen molar-refractivity contribution in [1.29, 1.82) is 0 Å². The molecule has 8 nitrogen and oxygen atoms in total. The summed E-state index contributed by atoms with van der Waals surface area (Å²) >= 11 is 0. The number of anilines is 1. The van der Waals surface area contributed by atoms with Gasteiger partial charge in [0, 0.05) is 37.9 Å². The lowest BCUT2D eigenvalue weighted by atomic mass is 10.0. The van der Waals surface area contributed by atoms with Crippen LogP contribution in [0.1, 0.15) is 25.3 Å². The summed E-state index contributed by atoms with van der Waals surface area (Å²) in [6.07, 6.45) is 5.53. The molecule has 0 N–H and O–H groups in total. The highest BCUT2D eigenvalue weighted by Gasteiger charge is 2.38. The van der Waals surface area contributed by atoms with Crippen LogP contribution in [0.25, 0.3) is 0 Å². The molecule has 2 aromatic rings. The van der Waals surface area contributed by atoms with E-state index >= 15 is 0 Å². The van der Waals surface area contributed by atoms with E-state index in [0.29, 0.717) is 19.6 Å². The van der Waals surface area contributed by atoms with Gasteiger partial charge in [-0.2, -0.15) is 0 Å². The maximum absolute atomic E-state index is 12.9. The van der Waals surface area contributed by atoms with E-state index < -0.39 is 0 Å². The van der Waals surface area contributed by atoms with Gasteiger partial charge in [-0.3, -0.25) is 9.59 Å². The standard InChI is InChI=1S/C19H23N5O3/c1-27-17-4-2-15(3-5-17)23-13-14(12-18(23)25)19(26)22-9-6-16(7-10-22)24-11-8-20-21-24/h2-5,8,11,14,16H,6-7,9-10,12-13H2,1H3. The molecule has 1 aromatic heterocycles. The molecule has 1 atom stereocenters. The van der Waals surface area contributed by atoms with E-state index in [9.17, 15) is 9.59 Å². The lowest BCUT2D eigenvalue weighted by Gasteiger charge is -2.33. The molecule has 27 heavy (non-hydrogen) atoms. The summed E-state index contributed by atoms with van der Waals surface area (Å²) in [6.45, 7) is 1.82. The van der Waals surface area contributed by atoms with Crippen molar-refractivity contribution in [2.24, 2.45) is 5.92 Å². The number of aromatic nitrogens is 3. The van der Waals surface area contributed by atoms with Gasteiger partial charge in [0.2, 0.25) is 11.8 Å². The molecule has 0 radical (unpaired) electrons. The minimum Gasteiger partial charge on any atom is -0.497 e. The van der Waals surface area contributed by atoms with Crippen LogP contribution >= 0.6 is 0 Å². The van der Waals surface area contributed by atoms with Crippen LogP contribution in [-0.2, 0) is 9.59 Å². The maximum atomic E-state index is 12.9. The number of carbonyl (C=O) groups is 2. The third-order valence-corrected chi connectivity index (χ3v) is 5.45. The van der Waals surface area contributed by atoms with Crippen LogP contribution in [0, 0.1) is 5.92 Å². The molecule has 8 heteroatoms. The SMILES string of the molecule is COc1ccc(N2CC(C(=O)N3CCC(n4ccnn4)CC3)CC2=O)cc1. The number of ether oxygens (including phenoxy) is 1. The lowest BCUT2D eigenvalue weighted by molar-refractivity contribution is -0.137. The second kappa shape index (κ2) is 7.38. The number of benzene rings is 1. The van der Waals surface area contributed by atoms with Crippen molar-refractivity contribution in [3.8, 4) is 5.75 Å². The molecule has 142 valence electrons.